The Bertz CT molecular complexity index is 202. The zero-order valence-electron chi connectivity index (χ0n) is 10.3. The molecular formula is C12H23NO3. The molecule has 0 unspecified atom stereocenters. The van der Waals surface area contributed by atoms with Crippen molar-refractivity contribution in [2.45, 2.75) is 51.2 Å². The van der Waals surface area contributed by atoms with Gasteiger partial charge in [0, 0.05) is 0 Å². The largest absolute Gasteiger partial charge is 0.465 e. The van der Waals surface area contributed by atoms with Crippen molar-refractivity contribution in [3.63, 3.8) is 0 Å². The first kappa shape index (κ1) is 13.5. The van der Waals surface area contributed by atoms with E-state index in [2.05, 4.69) is 5.32 Å². The molecule has 0 saturated heterocycles. The zero-order chi connectivity index (χ0) is 11.8. The van der Waals surface area contributed by atoms with E-state index >= 15 is 0 Å². The van der Waals surface area contributed by atoms with E-state index in [1.54, 1.807) is 7.05 Å². The molecular weight excluding hydrogens is 206 g/mol. The van der Waals surface area contributed by atoms with Gasteiger partial charge in [-0.2, -0.15) is 0 Å². The molecule has 1 fully saturated rings. The number of esters is 1. The summed E-state index contributed by atoms with van der Waals surface area (Å²) >= 11 is 0. The summed E-state index contributed by atoms with van der Waals surface area (Å²) in [6, 6.07) is -0.332. The van der Waals surface area contributed by atoms with Gasteiger partial charge in [0.05, 0.1) is 19.3 Å². The first-order chi connectivity index (χ1) is 7.77. The van der Waals surface area contributed by atoms with E-state index < -0.39 is 0 Å². The van der Waals surface area contributed by atoms with E-state index in [0.717, 1.165) is 12.8 Å². The number of carbonyl (C=O) groups excluding carboxylic acids is 1. The van der Waals surface area contributed by atoms with Crippen LogP contribution in [0.1, 0.15) is 39.0 Å². The second-order valence-electron chi connectivity index (χ2n) is 4.19. The summed E-state index contributed by atoms with van der Waals surface area (Å²) in [7, 11) is 1.76. The molecule has 1 atom stereocenters. The van der Waals surface area contributed by atoms with Crippen LogP contribution in [0.4, 0.5) is 0 Å². The molecule has 1 saturated carbocycles. The number of hydrogen-bond donors (Lipinski definition) is 1. The van der Waals surface area contributed by atoms with Crippen LogP contribution in [0.5, 0.6) is 0 Å². The first-order valence-corrected chi connectivity index (χ1v) is 6.23. The summed E-state index contributed by atoms with van der Waals surface area (Å²) in [5, 5.41) is 2.93. The lowest BCUT2D eigenvalue weighted by Crippen LogP contribution is -2.40. The molecule has 16 heavy (non-hydrogen) atoms. The van der Waals surface area contributed by atoms with Crippen LogP contribution in [0.25, 0.3) is 0 Å². The van der Waals surface area contributed by atoms with Gasteiger partial charge in [-0.15, -0.1) is 0 Å². The molecule has 0 spiro atoms. The average molecular weight is 229 g/mol. The Kier molecular flexibility index (Phi) is 6.42. The molecule has 94 valence electrons. The molecule has 1 aliphatic rings. The van der Waals surface area contributed by atoms with Gasteiger partial charge in [-0.05, 0) is 26.8 Å². The van der Waals surface area contributed by atoms with Crippen molar-refractivity contribution >= 4 is 5.97 Å². The lowest BCUT2D eigenvalue weighted by molar-refractivity contribution is -0.148. The maximum absolute atomic E-state index is 11.5. The van der Waals surface area contributed by atoms with Gasteiger partial charge in [-0.3, -0.25) is 4.79 Å². The highest BCUT2D eigenvalue weighted by atomic mass is 16.5. The topological polar surface area (TPSA) is 47.6 Å². The van der Waals surface area contributed by atoms with E-state index in [1.807, 2.05) is 6.92 Å². The van der Waals surface area contributed by atoms with Gasteiger partial charge in [-0.1, -0.05) is 19.3 Å². The molecule has 0 aliphatic heterocycles. The molecule has 1 N–H and O–H groups in total. The van der Waals surface area contributed by atoms with E-state index in [1.165, 1.54) is 19.3 Å². The van der Waals surface area contributed by atoms with E-state index in [9.17, 15) is 4.79 Å². The molecule has 1 rings (SSSR count). The third-order valence-electron chi connectivity index (χ3n) is 2.97. The minimum absolute atomic E-state index is 0.221. The van der Waals surface area contributed by atoms with Crippen molar-refractivity contribution in [3.05, 3.63) is 0 Å². The molecule has 0 amide bonds. The number of hydrogen-bond acceptors (Lipinski definition) is 4. The standard InChI is InChI=1S/C12H23NO3/c1-3-15-12(14)11(13-2)9-16-10-7-5-4-6-8-10/h10-11,13H,3-9H2,1-2H3/t11-/m0/s1. The first-order valence-electron chi connectivity index (χ1n) is 6.23. The Morgan fingerprint density at radius 3 is 2.62 bits per heavy atom. The second kappa shape index (κ2) is 7.63. The van der Waals surface area contributed by atoms with Crippen LogP contribution in [-0.4, -0.2) is 38.4 Å². The SMILES string of the molecule is CCOC(=O)[C@H](COC1CCCCC1)NC. The van der Waals surface area contributed by atoms with Crippen LogP contribution in [0.15, 0.2) is 0 Å². The minimum atomic E-state index is -0.332. The highest BCUT2D eigenvalue weighted by Gasteiger charge is 2.21. The molecule has 0 bridgehead atoms. The highest BCUT2D eigenvalue weighted by molar-refractivity contribution is 5.75. The third-order valence-corrected chi connectivity index (χ3v) is 2.97. The summed E-state index contributed by atoms with van der Waals surface area (Å²) < 4.78 is 10.7. The van der Waals surface area contributed by atoms with Crippen molar-refractivity contribution in [3.8, 4) is 0 Å². The fraction of sp³-hybridized carbons (Fsp3) is 0.917. The smallest absolute Gasteiger partial charge is 0.325 e. The van der Waals surface area contributed by atoms with Gasteiger partial charge in [0.25, 0.3) is 0 Å². The number of rotatable bonds is 6. The summed E-state index contributed by atoms with van der Waals surface area (Å²) in [5.41, 5.74) is 0. The van der Waals surface area contributed by atoms with Crippen LogP contribution in [-0.2, 0) is 14.3 Å². The predicted octanol–water partition coefficient (Wildman–Crippen LogP) is 1.49. The molecule has 0 aromatic rings. The van der Waals surface area contributed by atoms with Crippen LogP contribution in [0, 0.1) is 0 Å². The second-order valence-corrected chi connectivity index (χ2v) is 4.19. The lowest BCUT2D eigenvalue weighted by atomic mass is 9.98. The monoisotopic (exact) mass is 229 g/mol. The summed E-state index contributed by atoms with van der Waals surface area (Å²) in [6.45, 7) is 2.65. The van der Waals surface area contributed by atoms with Gasteiger partial charge in [0.2, 0.25) is 0 Å². The van der Waals surface area contributed by atoms with Gasteiger partial charge in [0.15, 0.2) is 0 Å². The van der Waals surface area contributed by atoms with Gasteiger partial charge in [-0.25, -0.2) is 0 Å². The van der Waals surface area contributed by atoms with Crippen LogP contribution < -0.4 is 5.32 Å². The van der Waals surface area contributed by atoms with Gasteiger partial charge < -0.3 is 14.8 Å². The molecule has 1 aliphatic carbocycles. The summed E-state index contributed by atoms with van der Waals surface area (Å²) in [4.78, 5) is 11.5. The Labute approximate surface area is 97.7 Å². The number of likely N-dealkylation sites (N-methyl/N-ethyl adjacent to an activating group) is 1. The average Bonchev–Trinajstić information content (AvgIpc) is 2.31. The predicted molar refractivity (Wildman–Crippen MR) is 62.3 cm³/mol. The van der Waals surface area contributed by atoms with Gasteiger partial charge in [0.1, 0.15) is 6.04 Å². The Morgan fingerprint density at radius 2 is 2.06 bits per heavy atom. The third kappa shape index (κ3) is 4.49. The molecule has 0 radical (unpaired) electrons. The molecule has 0 aromatic carbocycles. The van der Waals surface area contributed by atoms with Crippen LogP contribution >= 0.6 is 0 Å². The lowest BCUT2D eigenvalue weighted by Gasteiger charge is -2.24. The normalized spacial score (nSPS) is 19.4. The number of carbonyl (C=O) groups is 1. The van der Waals surface area contributed by atoms with Crippen molar-refractivity contribution in [2.75, 3.05) is 20.3 Å². The van der Waals surface area contributed by atoms with E-state index in [0.29, 0.717) is 19.3 Å². The van der Waals surface area contributed by atoms with Crippen LogP contribution in [0.3, 0.4) is 0 Å². The quantitative estimate of drug-likeness (QED) is 0.701. The van der Waals surface area contributed by atoms with Crippen molar-refractivity contribution in [1.29, 1.82) is 0 Å². The van der Waals surface area contributed by atoms with Crippen molar-refractivity contribution < 1.29 is 14.3 Å². The fourth-order valence-electron chi connectivity index (χ4n) is 1.98. The minimum Gasteiger partial charge on any atom is -0.465 e. The maximum atomic E-state index is 11.5. The van der Waals surface area contributed by atoms with E-state index in [4.69, 9.17) is 9.47 Å². The summed E-state index contributed by atoms with van der Waals surface area (Å²) in [6.07, 6.45) is 6.38. The summed E-state index contributed by atoms with van der Waals surface area (Å²) in [5.74, 6) is -0.221. The Hall–Kier alpha value is -0.610. The zero-order valence-corrected chi connectivity index (χ0v) is 10.3. The fourth-order valence-corrected chi connectivity index (χ4v) is 1.98. The van der Waals surface area contributed by atoms with Crippen molar-refractivity contribution in [2.24, 2.45) is 0 Å². The molecule has 0 heterocycles. The molecule has 0 aromatic heterocycles. The highest BCUT2D eigenvalue weighted by Crippen LogP contribution is 2.20. The number of ether oxygens (including phenoxy) is 2. The molecule has 4 heteroatoms. The maximum Gasteiger partial charge on any atom is 0.325 e. The Morgan fingerprint density at radius 1 is 1.38 bits per heavy atom. The van der Waals surface area contributed by atoms with E-state index in [-0.39, 0.29) is 12.0 Å². The van der Waals surface area contributed by atoms with Gasteiger partial charge >= 0.3 is 5.97 Å². The Balaban J connectivity index is 2.24. The van der Waals surface area contributed by atoms with Crippen LogP contribution in [0.2, 0.25) is 0 Å². The molecule has 4 nitrogen and oxygen atoms in total. The number of nitrogens with one attached hydrogen (secondary N) is 1. The van der Waals surface area contributed by atoms with Crippen molar-refractivity contribution in [1.82, 2.24) is 5.32 Å².